The van der Waals surface area contributed by atoms with Gasteiger partial charge in [0, 0.05) is 43.8 Å². The highest BCUT2D eigenvalue weighted by molar-refractivity contribution is 5.96. The van der Waals surface area contributed by atoms with Gasteiger partial charge in [-0.05, 0) is 36.2 Å². The maximum Gasteiger partial charge on any atom is 0.325 e. The van der Waals surface area contributed by atoms with E-state index < -0.39 is 0 Å². The monoisotopic (exact) mass is 384 g/mol. The molecule has 1 aliphatic rings. The van der Waals surface area contributed by atoms with Crippen molar-refractivity contribution in [1.29, 1.82) is 0 Å². The molecule has 0 atom stereocenters. The van der Waals surface area contributed by atoms with Gasteiger partial charge < -0.3 is 19.7 Å². The van der Waals surface area contributed by atoms with Crippen LogP contribution in [0.15, 0.2) is 42.7 Å². The van der Waals surface area contributed by atoms with E-state index in [0.717, 1.165) is 12.0 Å². The molecule has 1 aromatic carbocycles. The maximum absolute atomic E-state index is 12.7. The maximum atomic E-state index is 12.7. The lowest BCUT2D eigenvalue weighted by atomic mass is 10.2. The molecule has 3 amide bonds. The van der Waals surface area contributed by atoms with Gasteiger partial charge in [-0.1, -0.05) is 0 Å². The summed E-state index contributed by atoms with van der Waals surface area (Å²) < 4.78 is 10.5. The van der Waals surface area contributed by atoms with Gasteiger partial charge >= 0.3 is 6.03 Å². The molecule has 148 valence electrons. The molecule has 0 aliphatic carbocycles. The van der Waals surface area contributed by atoms with E-state index in [9.17, 15) is 9.59 Å². The summed E-state index contributed by atoms with van der Waals surface area (Å²) in [5.41, 5.74) is 1.82. The highest BCUT2D eigenvalue weighted by atomic mass is 16.5. The predicted molar refractivity (Wildman–Crippen MR) is 105 cm³/mol. The van der Waals surface area contributed by atoms with Crippen LogP contribution in [0.5, 0.6) is 11.5 Å². The van der Waals surface area contributed by atoms with Crippen molar-refractivity contribution in [2.24, 2.45) is 0 Å². The van der Waals surface area contributed by atoms with E-state index in [2.05, 4.69) is 10.3 Å². The third-order valence-corrected chi connectivity index (χ3v) is 4.59. The molecule has 2 heterocycles. The van der Waals surface area contributed by atoms with Crippen LogP contribution in [0.4, 0.5) is 10.5 Å². The molecule has 3 rings (SSSR count). The number of carbonyl (C=O) groups is 2. The summed E-state index contributed by atoms with van der Waals surface area (Å²) >= 11 is 0. The number of aromatic nitrogens is 1. The molecule has 1 saturated heterocycles. The third kappa shape index (κ3) is 4.51. The van der Waals surface area contributed by atoms with Gasteiger partial charge in [0.2, 0.25) is 5.91 Å². The van der Waals surface area contributed by atoms with E-state index in [1.807, 2.05) is 12.1 Å². The van der Waals surface area contributed by atoms with Crippen LogP contribution in [0, 0.1) is 0 Å². The number of urea groups is 1. The highest BCUT2D eigenvalue weighted by Crippen LogP contribution is 2.32. The fourth-order valence-electron chi connectivity index (χ4n) is 3.09. The third-order valence-electron chi connectivity index (χ3n) is 4.59. The summed E-state index contributed by atoms with van der Waals surface area (Å²) in [5.74, 6) is 0.986. The van der Waals surface area contributed by atoms with Crippen molar-refractivity contribution in [2.45, 2.75) is 6.42 Å². The van der Waals surface area contributed by atoms with Gasteiger partial charge in [0.05, 0.1) is 14.2 Å². The topological polar surface area (TPSA) is 84.0 Å². The smallest absolute Gasteiger partial charge is 0.325 e. The summed E-state index contributed by atoms with van der Waals surface area (Å²) in [7, 11) is 3.11. The lowest BCUT2D eigenvalue weighted by molar-refractivity contribution is -0.121. The number of amides is 3. The number of rotatable bonds is 8. The summed E-state index contributed by atoms with van der Waals surface area (Å²) in [4.78, 5) is 32.0. The van der Waals surface area contributed by atoms with Gasteiger partial charge in [-0.2, -0.15) is 0 Å². The van der Waals surface area contributed by atoms with Crippen molar-refractivity contribution in [3.05, 3.63) is 48.3 Å². The van der Waals surface area contributed by atoms with Crippen LogP contribution in [0.2, 0.25) is 0 Å². The Morgan fingerprint density at radius 3 is 2.57 bits per heavy atom. The Hall–Kier alpha value is -3.29. The molecule has 0 bridgehead atoms. The normalized spacial score (nSPS) is 13.6. The fraction of sp³-hybridized carbons (Fsp3) is 0.350. The van der Waals surface area contributed by atoms with Crippen molar-refractivity contribution >= 4 is 17.6 Å². The SMILES string of the molecule is COc1ccc(N2CCN(CC(=O)NCCc3ccncc3)C2=O)cc1OC. The van der Waals surface area contributed by atoms with Gasteiger partial charge in [-0.25, -0.2) is 4.79 Å². The summed E-state index contributed by atoms with van der Waals surface area (Å²) in [5, 5.41) is 2.86. The Bertz CT molecular complexity index is 828. The number of nitrogens with one attached hydrogen (secondary N) is 1. The average molecular weight is 384 g/mol. The quantitative estimate of drug-likeness (QED) is 0.749. The van der Waals surface area contributed by atoms with Crippen LogP contribution >= 0.6 is 0 Å². The zero-order valence-corrected chi connectivity index (χ0v) is 16.1. The molecule has 1 N–H and O–H groups in total. The Balaban J connectivity index is 1.53. The first kappa shape index (κ1) is 19.5. The first-order valence-electron chi connectivity index (χ1n) is 9.06. The van der Waals surface area contributed by atoms with Crippen molar-refractivity contribution in [3.63, 3.8) is 0 Å². The lowest BCUT2D eigenvalue weighted by Crippen LogP contribution is -2.40. The highest BCUT2D eigenvalue weighted by Gasteiger charge is 2.31. The molecular formula is C20H24N4O4. The van der Waals surface area contributed by atoms with Gasteiger partial charge in [-0.3, -0.25) is 14.7 Å². The second kappa shape index (κ2) is 9.07. The van der Waals surface area contributed by atoms with E-state index in [4.69, 9.17) is 9.47 Å². The minimum absolute atomic E-state index is 0.0406. The van der Waals surface area contributed by atoms with Gasteiger partial charge in [0.25, 0.3) is 0 Å². The fourth-order valence-corrected chi connectivity index (χ4v) is 3.09. The number of benzene rings is 1. The average Bonchev–Trinajstić information content (AvgIpc) is 3.08. The zero-order valence-electron chi connectivity index (χ0n) is 16.1. The molecular weight excluding hydrogens is 360 g/mol. The molecule has 1 aliphatic heterocycles. The molecule has 0 spiro atoms. The Kier molecular flexibility index (Phi) is 6.31. The van der Waals surface area contributed by atoms with Crippen LogP contribution in [0.1, 0.15) is 5.56 Å². The van der Waals surface area contributed by atoms with Crippen LogP contribution < -0.4 is 19.7 Å². The minimum Gasteiger partial charge on any atom is -0.493 e. The van der Waals surface area contributed by atoms with E-state index in [1.54, 1.807) is 54.6 Å². The number of carbonyl (C=O) groups excluding carboxylic acids is 2. The summed E-state index contributed by atoms with van der Waals surface area (Å²) in [6.07, 6.45) is 4.17. The molecule has 8 heteroatoms. The van der Waals surface area contributed by atoms with Crippen molar-refractivity contribution in [2.75, 3.05) is 45.3 Å². The van der Waals surface area contributed by atoms with Crippen molar-refractivity contribution < 1.29 is 19.1 Å². The van der Waals surface area contributed by atoms with Crippen molar-refractivity contribution in [3.8, 4) is 11.5 Å². The summed E-state index contributed by atoms with van der Waals surface area (Å²) in [6, 6.07) is 8.95. The number of methoxy groups -OCH3 is 2. The number of pyridine rings is 1. The standard InChI is InChI=1S/C20H24N4O4/c1-27-17-4-3-16(13-18(17)28-2)24-12-11-23(20(24)26)14-19(25)22-10-7-15-5-8-21-9-6-15/h3-6,8-9,13H,7,10-12,14H2,1-2H3,(H,22,25). The number of ether oxygens (including phenoxy) is 2. The first-order valence-corrected chi connectivity index (χ1v) is 9.06. The Labute approximate surface area is 164 Å². The molecule has 0 unspecified atom stereocenters. The van der Waals surface area contributed by atoms with E-state index >= 15 is 0 Å². The molecule has 0 saturated carbocycles. The second-order valence-corrected chi connectivity index (χ2v) is 6.35. The summed E-state index contributed by atoms with van der Waals surface area (Å²) in [6.45, 7) is 1.56. The molecule has 1 aromatic heterocycles. The lowest BCUT2D eigenvalue weighted by Gasteiger charge is -2.19. The number of hydrogen-bond donors (Lipinski definition) is 1. The van der Waals surface area contributed by atoms with Gasteiger partial charge in [0.15, 0.2) is 11.5 Å². The van der Waals surface area contributed by atoms with E-state index in [0.29, 0.717) is 36.8 Å². The molecule has 1 fully saturated rings. The van der Waals surface area contributed by atoms with Crippen LogP contribution in [-0.2, 0) is 11.2 Å². The molecule has 0 radical (unpaired) electrons. The predicted octanol–water partition coefficient (Wildman–Crippen LogP) is 1.70. The molecule has 28 heavy (non-hydrogen) atoms. The zero-order chi connectivity index (χ0) is 19.9. The number of anilines is 1. The van der Waals surface area contributed by atoms with Gasteiger partial charge in [-0.15, -0.1) is 0 Å². The number of hydrogen-bond acceptors (Lipinski definition) is 5. The Morgan fingerprint density at radius 1 is 1.11 bits per heavy atom. The largest absolute Gasteiger partial charge is 0.493 e. The number of nitrogens with zero attached hydrogens (tertiary/aromatic N) is 3. The minimum atomic E-state index is -0.198. The van der Waals surface area contributed by atoms with Crippen molar-refractivity contribution in [1.82, 2.24) is 15.2 Å². The van der Waals surface area contributed by atoms with Crippen LogP contribution in [0.3, 0.4) is 0 Å². The molecule has 8 nitrogen and oxygen atoms in total. The molecule has 2 aromatic rings. The van der Waals surface area contributed by atoms with Crippen LogP contribution in [0.25, 0.3) is 0 Å². The van der Waals surface area contributed by atoms with E-state index in [1.165, 1.54) is 0 Å². The first-order chi connectivity index (χ1) is 13.6. The second-order valence-electron chi connectivity index (χ2n) is 6.35. The Morgan fingerprint density at radius 2 is 1.86 bits per heavy atom. The van der Waals surface area contributed by atoms with E-state index in [-0.39, 0.29) is 18.5 Å². The van der Waals surface area contributed by atoms with Crippen LogP contribution in [-0.4, -0.2) is 62.2 Å². The van der Waals surface area contributed by atoms with Gasteiger partial charge in [0.1, 0.15) is 6.54 Å².